The number of aromatic nitrogens is 2. The summed E-state index contributed by atoms with van der Waals surface area (Å²) in [7, 11) is -1.93. The van der Waals surface area contributed by atoms with Gasteiger partial charge in [0, 0.05) is 43.8 Å². The molecule has 0 saturated carbocycles. The maximum atomic E-state index is 14.7. The summed E-state index contributed by atoms with van der Waals surface area (Å²) in [5.41, 5.74) is 2.96. The summed E-state index contributed by atoms with van der Waals surface area (Å²) in [6.45, 7) is 3.47. The van der Waals surface area contributed by atoms with Crippen molar-refractivity contribution in [3.05, 3.63) is 96.4 Å². The molecule has 10 nitrogen and oxygen atoms in total. The maximum absolute atomic E-state index is 14.7. The third-order valence-electron chi connectivity index (χ3n) is 6.23. The Bertz CT molecular complexity index is 1610. The van der Waals surface area contributed by atoms with Crippen LogP contribution in [0.1, 0.15) is 5.56 Å². The normalized spacial score (nSPS) is 13.5. The minimum absolute atomic E-state index is 0.0741. The fourth-order valence-corrected chi connectivity index (χ4v) is 4.60. The Hall–Kier alpha value is -4.57. The van der Waals surface area contributed by atoms with Crippen LogP contribution in [0.4, 0.5) is 33.2 Å². The molecule has 0 atom stereocenters. The van der Waals surface area contributed by atoms with Gasteiger partial charge >= 0.3 is 0 Å². The molecule has 12 heteroatoms. The average Bonchev–Trinajstić information content (AvgIpc) is 2.95. The number of nitrogens with one attached hydrogen (secondary N) is 2. The molecule has 0 spiro atoms. The molecule has 212 valence electrons. The molecule has 0 unspecified atom stereocenters. The van der Waals surface area contributed by atoms with Gasteiger partial charge < -0.3 is 20.4 Å². The average molecular weight is 576 g/mol. The highest BCUT2D eigenvalue weighted by molar-refractivity contribution is 7.85. The second kappa shape index (κ2) is 13.7. The molecule has 1 saturated heterocycles. The zero-order valence-electron chi connectivity index (χ0n) is 22.4. The standard InChI is InChI=1S/C23H24FN7.C6H6O3S/c1-30-11-13-31(14-12-30)21-6-5-19(16-20(21)24)28-23-26-10-8-22(29-23)27-18-4-2-3-17(15-18)7-9-25;7-10(8,9)6-4-2-1-3-5-6/h2-6,8,10,15-16H,7,11-14H2,1H3,(H2,26,27,28,29);1-5H,(H,7,8,9). The summed E-state index contributed by atoms with van der Waals surface area (Å²) in [6.07, 6.45) is 1.98. The Kier molecular flexibility index (Phi) is 9.81. The maximum Gasteiger partial charge on any atom is 0.294 e. The van der Waals surface area contributed by atoms with Crippen molar-refractivity contribution in [1.82, 2.24) is 14.9 Å². The van der Waals surface area contributed by atoms with Crippen LogP contribution in [0.3, 0.4) is 0 Å². The van der Waals surface area contributed by atoms with E-state index < -0.39 is 10.1 Å². The number of piperazine rings is 1. The van der Waals surface area contributed by atoms with Gasteiger partial charge in [-0.3, -0.25) is 4.55 Å². The van der Waals surface area contributed by atoms with Gasteiger partial charge in [-0.1, -0.05) is 30.3 Å². The van der Waals surface area contributed by atoms with Crippen LogP contribution in [-0.4, -0.2) is 61.1 Å². The van der Waals surface area contributed by atoms with Gasteiger partial charge in [-0.25, -0.2) is 9.37 Å². The predicted molar refractivity (Wildman–Crippen MR) is 157 cm³/mol. The number of nitriles is 1. The van der Waals surface area contributed by atoms with E-state index in [0.29, 0.717) is 29.6 Å². The van der Waals surface area contributed by atoms with Crippen LogP contribution in [0, 0.1) is 17.1 Å². The lowest BCUT2D eigenvalue weighted by atomic mass is 10.1. The van der Waals surface area contributed by atoms with Gasteiger partial charge in [0.15, 0.2) is 0 Å². The fraction of sp³-hybridized carbons (Fsp3) is 0.207. The van der Waals surface area contributed by atoms with E-state index in [4.69, 9.17) is 9.81 Å². The van der Waals surface area contributed by atoms with Crippen molar-refractivity contribution in [2.75, 3.05) is 48.8 Å². The second-order valence-electron chi connectivity index (χ2n) is 9.30. The van der Waals surface area contributed by atoms with E-state index >= 15 is 0 Å². The van der Waals surface area contributed by atoms with Gasteiger partial charge in [0.1, 0.15) is 11.6 Å². The van der Waals surface area contributed by atoms with Gasteiger partial charge in [0.05, 0.1) is 23.1 Å². The predicted octanol–water partition coefficient (Wildman–Crippen LogP) is 4.85. The Balaban J connectivity index is 0.000000328. The van der Waals surface area contributed by atoms with Crippen molar-refractivity contribution < 1.29 is 17.4 Å². The van der Waals surface area contributed by atoms with Crippen molar-refractivity contribution in [1.29, 1.82) is 5.26 Å². The number of hydrogen-bond acceptors (Lipinski definition) is 9. The lowest BCUT2D eigenvalue weighted by Gasteiger charge is -2.34. The Morgan fingerprint density at radius 3 is 2.34 bits per heavy atom. The van der Waals surface area contributed by atoms with Gasteiger partial charge in [-0.15, -0.1) is 0 Å². The van der Waals surface area contributed by atoms with Crippen molar-refractivity contribution in [2.24, 2.45) is 0 Å². The number of rotatable bonds is 7. The highest BCUT2D eigenvalue weighted by Gasteiger charge is 2.17. The SMILES string of the molecule is CN1CCN(c2ccc(Nc3nccc(Nc4cccc(CC#N)c4)n3)cc2F)CC1.O=S(=O)(O)c1ccccc1. The summed E-state index contributed by atoms with van der Waals surface area (Å²) in [5, 5.41) is 15.1. The largest absolute Gasteiger partial charge is 0.367 e. The number of hydrogen-bond donors (Lipinski definition) is 3. The van der Waals surface area contributed by atoms with E-state index in [2.05, 4.69) is 43.5 Å². The lowest BCUT2D eigenvalue weighted by molar-refractivity contribution is 0.311. The van der Waals surface area contributed by atoms with Gasteiger partial charge in [-0.2, -0.15) is 18.7 Å². The van der Waals surface area contributed by atoms with E-state index in [9.17, 15) is 12.8 Å². The first-order valence-electron chi connectivity index (χ1n) is 12.8. The minimum Gasteiger partial charge on any atom is -0.367 e. The molecule has 0 aliphatic carbocycles. The summed E-state index contributed by atoms with van der Waals surface area (Å²) < 4.78 is 44.0. The van der Waals surface area contributed by atoms with Crippen molar-refractivity contribution >= 4 is 38.9 Å². The molecule has 2 heterocycles. The van der Waals surface area contributed by atoms with E-state index in [1.807, 2.05) is 30.3 Å². The third-order valence-corrected chi connectivity index (χ3v) is 7.09. The monoisotopic (exact) mass is 575 g/mol. The van der Waals surface area contributed by atoms with Crippen molar-refractivity contribution in [2.45, 2.75) is 11.3 Å². The molecule has 3 aromatic carbocycles. The van der Waals surface area contributed by atoms with E-state index in [1.165, 1.54) is 18.2 Å². The van der Waals surface area contributed by atoms with Gasteiger partial charge in [0.2, 0.25) is 5.95 Å². The molecule has 3 N–H and O–H groups in total. The molecule has 1 aliphatic rings. The molecule has 1 aromatic heterocycles. The van der Waals surface area contributed by atoms with Crippen LogP contribution >= 0.6 is 0 Å². The first-order valence-corrected chi connectivity index (χ1v) is 14.2. The van der Waals surface area contributed by atoms with Gasteiger partial charge in [-0.05, 0) is 61.1 Å². The number of nitrogens with zero attached hydrogens (tertiary/aromatic N) is 5. The smallest absolute Gasteiger partial charge is 0.294 e. The molecule has 5 rings (SSSR count). The molecule has 0 bridgehead atoms. The molecule has 1 fully saturated rings. The molecule has 0 amide bonds. The number of likely N-dealkylation sites (N-methyl/N-ethyl adjacent to an activating group) is 1. The van der Waals surface area contributed by atoms with Crippen molar-refractivity contribution in [3.8, 4) is 6.07 Å². The molecule has 1 aliphatic heterocycles. The zero-order valence-corrected chi connectivity index (χ0v) is 23.2. The number of benzene rings is 3. The Morgan fingerprint density at radius 1 is 0.951 bits per heavy atom. The summed E-state index contributed by atoms with van der Waals surface area (Å²) >= 11 is 0. The third kappa shape index (κ3) is 8.71. The quantitative estimate of drug-likeness (QED) is 0.262. The first kappa shape index (κ1) is 29.4. The van der Waals surface area contributed by atoms with Crippen molar-refractivity contribution in [3.63, 3.8) is 0 Å². The minimum atomic E-state index is -4.00. The van der Waals surface area contributed by atoms with E-state index in [1.54, 1.807) is 36.5 Å². The molecular weight excluding hydrogens is 545 g/mol. The molecule has 41 heavy (non-hydrogen) atoms. The van der Waals surface area contributed by atoms with Crippen LogP contribution in [0.25, 0.3) is 0 Å². The van der Waals surface area contributed by atoms with Crippen LogP contribution in [-0.2, 0) is 16.5 Å². The second-order valence-corrected chi connectivity index (χ2v) is 10.7. The van der Waals surface area contributed by atoms with Crippen LogP contribution in [0.2, 0.25) is 0 Å². The zero-order chi connectivity index (χ0) is 29.2. The summed E-state index contributed by atoms with van der Waals surface area (Å²) in [6, 6.07) is 24.0. The molecule has 0 radical (unpaired) electrons. The molecular formula is C29H30FN7O3S. The highest BCUT2D eigenvalue weighted by atomic mass is 32.2. The topological polar surface area (TPSA) is 134 Å². The first-order chi connectivity index (χ1) is 19.7. The van der Waals surface area contributed by atoms with Crippen LogP contribution in [0.15, 0.2) is 90.0 Å². The summed E-state index contributed by atoms with van der Waals surface area (Å²) in [5.74, 6) is 0.698. The fourth-order valence-electron chi connectivity index (χ4n) is 4.10. The summed E-state index contributed by atoms with van der Waals surface area (Å²) in [4.78, 5) is 12.9. The molecule has 4 aromatic rings. The number of anilines is 5. The van der Waals surface area contributed by atoms with E-state index in [-0.39, 0.29) is 10.7 Å². The number of halogens is 1. The highest BCUT2D eigenvalue weighted by Crippen LogP contribution is 2.25. The Labute approximate surface area is 238 Å². The van der Waals surface area contributed by atoms with Gasteiger partial charge in [0.25, 0.3) is 10.1 Å². The Morgan fingerprint density at radius 2 is 1.68 bits per heavy atom. The lowest BCUT2D eigenvalue weighted by Crippen LogP contribution is -2.44. The van der Waals surface area contributed by atoms with Crippen LogP contribution < -0.4 is 15.5 Å². The van der Waals surface area contributed by atoms with E-state index in [0.717, 1.165) is 37.4 Å². The van der Waals surface area contributed by atoms with Crippen LogP contribution in [0.5, 0.6) is 0 Å².